The van der Waals surface area contributed by atoms with Gasteiger partial charge in [0, 0.05) is 0 Å². The van der Waals surface area contributed by atoms with Crippen LogP contribution in [0.1, 0.15) is 26.0 Å². The molecule has 2 aliphatic rings. The van der Waals surface area contributed by atoms with Gasteiger partial charge < -0.3 is 24.8 Å². The third-order valence-corrected chi connectivity index (χ3v) is 15.9. The molecule has 0 saturated heterocycles. The number of fused-ring (bicyclic) bond motifs is 6. The first-order chi connectivity index (χ1) is 14.1. The van der Waals surface area contributed by atoms with Gasteiger partial charge in [-0.2, -0.15) is 0 Å². The monoisotopic (exact) mass is 603 g/mol. The van der Waals surface area contributed by atoms with Crippen LogP contribution in [0.3, 0.4) is 0 Å². The molecule has 0 spiro atoms. The van der Waals surface area contributed by atoms with Crippen molar-refractivity contribution < 1.29 is 44.5 Å². The second-order valence-corrected chi connectivity index (χ2v) is 15.9. The van der Waals surface area contributed by atoms with Crippen LogP contribution >= 0.6 is 24.8 Å². The molecule has 1 nitrogen and oxygen atoms in total. The Kier molecular flexibility index (Phi) is 6.61. The molecule has 6 heteroatoms. The molecule has 154 valence electrons. The van der Waals surface area contributed by atoms with E-state index in [2.05, 4.69) is 100 Å². The van der Waals surface area contributed by atoms with Crippen LogP contribution in [0, 0.1) is 0 Å². The number of hydrogen-bond acceptors (Lipinski definition) is 1. The Morgan fingerprint density at radius 1 is 1.00 bits per heavy atom. The van der Waals surface area contributed by atoms with Gasteiger partial charge in [-0.05, 0) is 0 Å². The van der Waals surface area contributed by atoms with Crippen LogP contribution in [0.4, 0.5) is 0 Å². The number of aryl methyl sites for hydroxylation is 1. The van der Waals surface area contributed by atoms with E-state index in [0.29, 0.717) is 3.63 Å². The van der Waals surface area contributed by atoms with Crippen LogP contribution in [0.25, 0.3) is 28.1 Å². The van der Waals surface area contributed by atoms with Crippen molar-refractivity contribution in [2.45, 2.75) is 10.0 Å². The first-order valence-electron chi connectivity index (χ1n) is 9.84. The van der Waals surface area contributed by atoms with Crippen LogP contribution < -0.4 is 28.1 Å². The van der Waals surface area contributed by atoms with E-state index in [0.717, 1.165) is 6.42 Å². The zero-order valence-electron chi connectivity index (χ0n) is 16.7. The van der Waals surface area contributed by atoms with Crippen molar-refractivity contribution in [2.75, 3.05) is 0 Å². The SMILES string of the molecule is Cn1c2c(c3ccccc31)-c1ccc(Br)[c]([Zr+2](=[S])[CH]3C=Cc4ccccc43)c1C2.[Cl-].[Cl-]. The van der Waals surface area contributed by atoms with Gasteiger partial charge >= 0.3 is 191 Å². The molecular formula is C25H18BrCl2NSZr. The van der Waals surface area contributed by atoms with Gasteiger partial charge in [0.25, 0.3) is 0 Å². The largest absolute Gasteiger partial charge is 1.00 e. The van der Waals surface area contributed by atoms with Gasteiger partial charge in [0.15, 0.2) is 0 Å². The molecule has 0 N–H and O–H groups in total. The molecule has 6 rings (SSSR count). The second kappa shape index (κ2) is 8.80. The average Bonchev–Trinajstić information content (AvgIpc) is 3.41. The third kappa shape index (κ3) is 3.42. The Bertz CT molecular complexity index is 1390. The summed E-state index contributed by atoms with van der Waals surface area (Å²) in [5, 5.41) is 1.36. The third-order valence-electron chi connectivity index (χ3n) is 6.43. The van der Waals surface area contributed by atoms with Gasteiger partial charge in [0.05, 0.1) is 0 Å². The molecule has 1 atom stereocenters. The van der Waals surface area contributed by atoms with Gasteiger partial charge in [-0.15, -0.1) is 0 Å². The molecule has 0 bridgehead atoms. The molecule has 0 fully saturated rings. The first kappa shape index (κ1) is 23.3. The molecule has 0 saturated carbocycles. The normalized spacial score (nSPS) is 14.8. The Labute approximate surface area is 214 Å². The number of para-hydroxylation sites is 1. The van der Waals surface area contributed by atoms with Crippen LogP contribution in [0.2, 0.25) is 0 Å². The molecule has 0 aliphatic heterocycles. The topological polar surface area (TPSA) is 4.93 Å². The van der Waals surface area contributed by atoms with Crippen LogP contribution in [-0.2, 0) is 33.2 Å². The van der Waals surface area contributed by atoms with Crippen LogP contribution in [0.5, 0.6) is 0 Å². The van der Waals surface area contributed by atoms with E-state index in [1.165, 1.54) is 52.2 Å². The zero-order chi connectivity index (χ0) is 19.7. The summed E-state index contributed by atoms with van der Waals surface area (Å²) in [4.78, 5) is 0. The van der Waals surface area contributed by atoms with Gasteiger partial charge in [0.1, 0.15) is 0 Å². The van der Waals surface area contributed by atoms with E-state index in [4.69, 9.17) is 8.86 Å². The minimum absolute atomic E-state index is 0. The van der Waals surface area contributed by atoms with E-state index in [1.54, 1.807) is 0 Å². The Morgan fingerprint density at radius 3 is 2.58 bits per heavy atom. The minimum atomic E-state index is -2.38. The maximum absolute atomic E-state index is 6.39. The van der Waals surface area contributed by atoms with Crippen LogP contribution in [0.15, 0.2) is 71.2 Å². The molecule has 1 unspecified atom stereocenters. The smallest absolute Gasteiger partial charge is 1.00 e. The van der Waals surface area contributed by atoms with Crippen molar-refractivity contribution in [3.63, 3.8) is 0 Å². The number of aromatic nitrogens is 1. The van der Waals surface area contributed by atoms with E-state index in [9.17, 15) is 0 Å². The summed E-state index contributed by atoms with van der Waals surface area (Å²) in [7, 11) is 8.59. The molecule has 3 aromatic carbocycles. The van der Waals surface area contributed by atoms with Gasteiger partial charge in [-0.1, -0.05) is 0 Å². The summed E-state index contributed by atoms with van der Waals surface area (Å²) >= 11 is 1.51. The Hall–Kier alpha value is -0.897. The summed E-state index contributed by atoms with van der Waals surface area (Å²) in [5.74, 6) is 0. The number of benzene rings is 3. The maximum Gasteiger partial charge on any atom is -1.00 e. The van der Waals surface area contributed by atoms with Crippen molar-refractivity contribution in [3.05, 3.63) is 93.6 Å². The molecule has 0 radical (unpaired) electrons. The van der Waals surface area contributed by atoms with E-state index in [-0.39, 0.29) is 24.8 Å². The fourth-order valence-corrected chi connectivity index (χ4v) is 14.9. The molecule has 2 aliphatic carbocycles. The quantitative estimate of drug-likeness (QED) is 0.286. The van der Waals surface area contributed by atoms with E-state index in [1.807, 2.05) is 0 Å². The van der Waals surface area contributed by atoms with Gasteiger partial charge in [-0.25, -0.2) is 0 Å². The zero-order valence-corrected chi connectivity index (χ0v) is 23.1. The second-order valence-electron chi connectivity index (χ2n) is 7.85. The van der Waals surface area contributed by atoms with Crippen molar-refractivity contribution in [1.82, 2.24) is 4.57 Å². The van der Waals surface area contributed by atoms with Crippen molar-refractivity contribution >= 4 is 45.0 Å². The van der Waals surface area contributed by atoms with Gasteiger partial charge in [-0.3, -0.25) is 0 Å². The summed E-state index contributed by atoms with van der Waals surface area (Å²) in [6.07, 6.45) is 5.63. The molecule has 0 amide bonds. The predicted octanol–water partition coefficient (Wildman–Crippen LogP) is 0.644. The van der Waals surface area contributed by atoms with E-state index < -0.39 is 19.7 Å². The summed E-state index contributed by atoms with van der Waals surface area (Å²) < 4.78 is 5.51. The number of rotatable bonds is 2. The number of nitrogens with zero attached hydrogens (tertiary/aromatic N) is 1. The van der Waals surface area contributed by atoms with Crippen molar-refractivity contribution in [3.8, 4) is 11.1 Å². The molecule has 1 heterocycles. The predicted molar refractivity (Wildman–Crippen MR) is 124 cm³/mol. The van der Waals surface area contributed by atoms with Crippen molar-refractivity contribution in [1.29, 1.82) is 0 Å². The molecule has 31 heavy (non-hydrogen) atoms. The van der Waals surface area contributed by atoms with Crippen LogP contribution in [-0.4, -0.2) is 4.57 Å². The van der Waals surface area contributed by atoms with E-state index >= 15 is 0 Å². The summed E-state index contributed by atoms with van der Waals surface area (Å²) in [5.41, 5.74) is 9.81. The Morgan fingerprint density at radius 2 is 1.74 bits per heavy atom. The van der Waals surface area contributed by atoms with Gasteiger partial charge in [0.2, 0.25) is 0 Å². The summed E-state index contributed by atoms with van der Waals surface area (Å²) in [6.45, 7) is 0. The molecule has 1 aromatic heterocycles. The van der Waals surface area contributed by atoms with Crippen molar-refractivity contribution in [2.24, 2.45) is 7.05 Å². The fourth-order valence-electron chi connectivity index (χ4n) is 5.06. The number of halogens is 3. The number of hydrogen-bond donors (Lipinski definition) is 0. The average molecular weight is 607 g/mol. The minimum Gasteiger partial charge on any atom is -1.00 e. The number of allylic oxidation sites excluding steroid dienone is 1. The first-order valence-corrected chi connectivity index (χ1v) is 16.7. The molecule has 4 aromatic rings. The Balaban J connectivity index is 0.00000116. The maximum atomic E-state index is 6.39. The summed E-state index contributed by atoms with van der Waals surface area (Å²) in [6, 6.07) is 22.0. The molecular weight excluding hydrogens is 588 g/mol. The fraction of sp³-hybridized carbons (Fsp3) is 0.120. The standard InChI is InChI=1S/C16H11BrN.C9H7.2ClH.S.Zr/c1-18-14-5-3-2-4-13(14)16-12-7-6-11(17)8-10(12)9-15(16)18;1-2-5-9-7-3-6-8(9)4-1;;;;/h2-7H,9H2,1H3;1-7H;2*1H;;/q;;;;;+2/p-2.